The van der Waals surface area contributed by atoms with Crippen molar-refractivity contribution in [3.8, 4) is 0 Å². The molecule has 1 atom stereocenters. The topological polar surface area (TPSA) is 105 Å². The summed E-state index contributed by atoms with van der Waals surface area (Å²) in [5, 5.41) is 4.88. The van der Waals surface area contributed by atoms with Gasteiger partial charge in [-0.25, -0.2) is 4.79 Å². The number of nitrogens with zero attached hydrogens (tertiary/aromatic N) is 1. The van der Waals surface area contributed by atoms with Gasteiger partial charge in [0.15, 0.2) is 0 Å². The lowest BCUT2D eigenvalue weighted by Crippen LogP contribution is -2.45. The predicted octanol–water partition coefficient (Wildman–Crippen LogP) is -0.828. The normalized spacial score (nSPS) is 16.7. The fourth-order valence-electron chi connectivity index (χ4n) is 1.76. The largest absolute Gasteiger partial charge is 0.351 e. The molecule has 1 fully saturated rings. The summed E-state index contributed by atoms with van der Waals surface area (Å²) < 4.78 is 0. The van der Waals surface area contributed by atoms with E-state index < -0.39 is 6.03 Å². The molecule has 4 N–H and O–H groups in total. The first-order chi connectivity index (χ1) is 8.56. The highest BCUT2D eigenvalue weighted by Gasteiger charge is 2.28. The Bertz CT molecular complexity index is 332. The maximum Gasteiger partial charge on any atom is 0.325 e. The number of nitrogens with two attached hydrogens (primary N) is 1. The summed E-state index contributed by atoms with van der Waals surface area (Å²) in [5.74, 6) is -0.666. The molecular formula is C11H20N4O3. The van der Waals surface area contributed by atoms with Crippen LogP contribution in [0.15, 0.2) is 0 Å². The Kier molecular flexibility index (Phi) is 5.57. The van der Waals surface area contributed by atoms with Crippen molar-refractivity contribution in [2.45, 2.75) is 32.2 Å². The van der Waals surface area contributed by atoms with Gasteiger partial charge in [-0.1, -0.05) is 19.8 Å². The molecule has 0 aromatic rings. The van der Waals surface area contributed by atoms with Crippen LogP contribution in [-0.4, -0.2) is 48.4 Å². The molecule has 0 spiro atoms. The Labute approximate surface area is 106 Å². The molecule has 4 amide bonds. The Morgan fingerprint density at radius 2 is 2.28 bits per heavy atom. The zero-order valence-electron chi connectivity index (χ0n) is 10.6. The minimum atomic E-state index is -0.520. The first-order valence-electron chi connectivity index (χ1n) is 6.15. The fraction of sp³-hybridized carbons (Fsp3) is 0.727. The Morgan fingerprint density at radius 1 is 1.56 bits per heavy atom. The van der Waals surface area contributed by atoms with Crippen LogP contribution in [0.3, 0.4) is 0 Å². The molecule has 0 aliphatic carbocycles. The first kappa shape index (κ1) is 14.4. The van der Waals surface area contributed by atoms with Gasteiger partial charge in [0.1, 0.15) is 13.1 Å². The molecule has 1 saturated heterocycles. The molecule has 1 aliphatic rings. The van der Waals surface area contributed by atoms with Gasteiger partial charge in [0.25, 0.3) is 0 Å². The highest BCUT2D eigenvalue weighted by atomic mass is 16.2. The summed E-state index contributed by atoms with van der Waals surface area (Å²) in [5.41, 5.74) is 5.56. The molecule has 1 rings (SSSR count). The van der Waals surface area contributed by atoms with E-state index in [4.69, 9.17) is 5.73 Å². The van der Waals surface area contributed by atoms with Crippen LogP contribution in [0.5, 0.6) is 0 Å². The second-order valence-electron chi connectivity index (χ2n) is 4.35. The quantitative estimate of drug-likeness (QED) is 0.517. The van der Waals surface area contributed by atoms with Crippen molar-refractivity contribution in [3.63, 3.8) is 0 Å². The van der Waals surface area contributed by atoms with Crippen LogP contribution in [0, 0.1) is 0 Å². The number of hydrogen-bond donors (Lipinski definition) is 3. The van der Waals surface area contributed by atoms with Crippen LogP contribution in [0.2, 0.25) is 0 Å². The molecule has 0 bridgehead atoms. The molecule has 1 unspecified atom stereocenters. The van der Waals surface area contributed by atoms with Crippen LogP contribution < -0.4 is 16.4 Å². The van der Waals surface area contributed by atoms with Gasteiger partial charge in [0.05, 0.1) is 0 Å². The number of amides is 4. The van der Waals surface area contributed by atoms with E-state index in [-0.39, 0.29) is 30.9 Å². The van der Waals surface area contributed by atoms with E-state index >= 15 is 0 Å². The van der Waals surface area contributed by atoms with Gasteiger partial charge in [-0.15, -0.1) is 0 Å². The molecule has 1 aliphatic heterocycles. The van der Waals surface area contributed by atoms with E-state index in [0.717, 1.165) is 19.3 Å². The van der Waals surface area contributed by atoms with Gasteiger partial charge in [-0.05, 0) is 6.42 Å². The van der Waals surface area contributed by atoms with E-state index in [1.54, 1.807) is 0 Å². The number of carbonyl (C=O) groups is 3. The van der Waals surface area contributed by atoms with E-state index in [9.17, 15) is 14.4 Å². The summed E-state index contributed by atoms with van der Waals surface area (Å²) in [6.07, 6.45) is 2.85. The second kappa shape index (κ2) is 6.95. The van der Waals surface area contributed by atoms with Gasteiger partial charge < -0.3 is 16.0 Å². The van der Waals surface area contributed by atoms with E-state index in [0.29, 0.717) is 6.54 Å². The van der Waals surface area contributed by atoms with Crippen LogP contribution in [0.4, 0.5) is 4.79 Å². The third-order valence-corrected chi connectivity index (χ3v) is 2.76. The zero-order valence-corrected chi connectivity index (χ0v) is 10.6. The van der Waals surface area contributed by atoms with Crippen LogP contribution in [0.1, 0.15) is 26.2 Å². The molecule has 0 radical (unpaired) electrons. The van der Waals surface area contributed by atoms with Crippen molar-refractivity contribution in [2.24, 2.45) is 5.73 Å². The van der Waals surface area contributed by atoms with Gasteiger partial charge in [0, 0.05) is 12.6 Å². The van der Waals surface area contributed by atoms with Crippen molar-refractivity contribution >= 4 is 17.8 Å². The van der Waals surface area contributed by atoms with Gasteiger partial charge in [0.2, 0.25) is 11.8 Å². The number of hydrogen-bond acceptors (Lipinski definition) is 4. The van der Waals surface area contributed by atoms with Gasteiger partial charge >= 0.3 is 6.03 Å². The summed E-state index contributed by atoms with van der Waals surface area (Å²) in [6.45, 7) is 2.27. The summed E-state index contributed by atoms with van der Waals surface area (Å²) >= 11 is 0. The smallest absolute Gasteiger partial charge is 0.325 e. The standard InChI is InChI=1S/C11H20N4O3/c1-2-3-4-8(5-12)13-9(16)6-15-7-10(17)14-11(15)18/h8H,2-7,12H2,1H3,(H,13,16)(H,14,17,18). The third kappa shape index (κ3) is 4.33. The Balaban J connectivity index is 2.36. The zero-order chi connectivity index (χ0) is 13.5. The van der Waals surface area contributed by atoms with Crippen molar-refractivity contribution < 1.29 is 14.4 Å². The van der Waals surface area contributed by atoms with Crippen LogP contribution in [-0.2, 0) is 9.59 Å². The molecule has 7 nitrogen and oxygen atoms in total. The minimum absolute atomic E-state index is 0.0610. The summed E-state index contributed by atoms with van der Waals surface area (Å²) in [4.78, 5) is 35.0. The molecule has 18 heavy (non-hydrogen) atoms. The molecule has 7 heteroatoms. The fourth-order valence-corrected chi connectivity index (χ4v) is 1.76. The lowest BCUT2D eigenvalue weighted by atomic mass is 10.1. The molecular weight excluding hydrogens is 236 g/mol. The monoisotopic (exact) mass is 256 g/mol. The number of carbonyl (C=O) groups excluding carboxylic acids is 3. The average molecular weight is 256 g/mol. The highest BCUT2D eigenvalue weighted by molar-refractivity contribution is 6.03. The molecule has 0 aromatic carbocycles. The third-order valence-electron chi connectivity index (χ3n) is 2.76. The predicted molar refractivity (Wildman–Crippen MR) is 65.6 cm³/mol. The number of unbranched alkanes of at least 4 members (excludes halogenated alkanes) is 1. The Hall–Kier alpha value is -1.63. The molecule has 1 heterocycles. The summed E-state index contributed by atoms with van der Waals surface area (Å²) in [7, 11) is 0. The SMILES string of the molecule is CCCCC(CN)NC(=O)CN1CC(=O)NC1=O. The van der Waals surface area contributed by atoms with Crippen LogP contribution in [0.25, 0.3) is 0 Å². The van der Waals surface area contributed by atoms with Crippen molar-refractivity contribution in [2.75, 3.05) is 19.6 Å². The lowest BCUT2D eigenvalue weighted by molar-refractivity contribution is -0.122. The average Bonchev–Trinajstić information content (AvgIpc) is 2.63. The molecule has 102 valence electrons. The number of imide groups is 1. The van der Waals surface area contributed by atoms with Crippen molar-refractivity contribution in [1.82, 2.24) is 15.5 Å². The maximum absolute atomic E-state index is 11.7. The molecule has 0 aromatic heterocycles. The van der Waals surface area contributed by atoms with Crippen molar-refractivity contribution in [1.29, 1.82) is 0 Å². The summed E-state index contributed by atoms with van der Waals surface area (Å²) in [6, 6.07) is -0.591. The number of nitrogens with one attached hydrogen (secondary N) is 2. The highest BCUT2D eigenvalue weighted by Crippen LogP contribution is 2.01. The first-order valence-corrected chi connectivity index (χ1v) is 6.15. The van der Waals surface area contributed by atoms with E-state index in [1.807, 2.05) is 0 Å². The Morgan fingerprint density at radius 3 is 2.78 bits per heavy atom. The maximum atomic E-state index is 11.7. The molecule has 0 saturated carbocycles. The number of urea groups is 1. The van der Waals surface area contributed by atoms with Crippen LogP contribution >= 0.6 is 0 Å². The van der Waals surface area contributed by atoms with E-state index in [2.05, 4.69) is 17.6 Å². The van der Waals surface area contributed by atoms with E-state index in [1.165, 1.54) is 4.90 Å². The van der Waals surface area contributed by atoms with Crippen molar-refractivity contribution in [3.05, 3.63) is 0 Å². The number of rotatable bonds is 7. The van der Waals surface area contributed by atoms with Gasteiger partial charge in [-0.3, -0.25) is 14.9 Å². The minimum Gasteiger partial charge on any atom is -0.351 e. The second-order valence-corrected chi connectivity index (χ2v) is 4.35. The van der Waals surface area contributed by atoms with Gasteiger partial charge in [-0.2, -0.15) is 0 Å². The lowest BCUT2D eigenvalue weighted by Gasteiger charge is -2.18.